The van der Waals surface area contributed by atoms with E-state index in [1.165, 1.54) is 10.8 Å². The fourth-order valence-electron chi connectivity index (χ4n) is 6.98. The highest BCUT2D eigenvalue weighted by molar-refractivity contribution is 6.76. The summed E-state index contributed by atoms with van der Waals surface area (Å²) >= 11 is 0. The molecule has 1 aromatic rings. The van der Waals surface area contributed by atoms with Crippen molar-refractivity contribution in [3.05, 3.63) is 23.3 Å². The van der Waals surface area contributed by atoms with Crippen LogP contribution < -0.4 is 21.0 Å². The smallest absolute Gasteiger partial charge is 0.376 e. The second-order valence-electron chi connectivity index (χ2n) is 13.2. The van der Waals surface area contributed by atoms with Gasteiger partial charge in [0, 0.05) is 78.8 Å². The molecule has 1 atom stereocenters. The molecule has 0 bridgehead atoms. The fourth-order valence-corrected chi connectivity index (χ4v) is 18.9. The Morgan fingerprint density at radius 2 is 1.06 bits per heavy atom. The van der Waals surface area contributed by atoms with Gasteiger partial charge in [-0.1, -0.05) is 67.2 Å². The Bertz CT molecular complexity index is 1030. The van der Waals surface area contributed by atoms with Crippen molar-refractivity contribution in [3.63, 3.8) is 0 Å². The molecule has 1 unspecified atom stereocenters. The van der Waals surface area contributed by atoms with Gasteiger partial charge in [-0.15, -0.1) is 0 Å². The van der Waals surface area contributed by atoms with Crippen molar-refractivity contribution in [3.8, 4) is 0 Å². The lowest BCUT2D eigenvalue weighted by Crippen LogP contribution is -2.51. The summed E-state index contributed by atoms with van der Waals surface area (Å²) in [5.74, 6) is 0.172. The molecule has 2 N–H and O–H groups in total. The molecular weight excluding hydrogens is 773 g/mol. The van der Waals surface area contributed by atoms with Crippen LogP contribution in [0.3, 0.4) is 0 Å². The minimum Gasteiger partial charge on any atom is -0.376 e. The molecule has 0 saturated carbocycles. The first-order valence-electron chi connectivity index (χ1n) is 19.8. The predicted octanol–water partition coefficient (Wildman–Crippen LogP) is 5.14. The van der Waals surface area contributed by atoms with E-state index in [0.29, 0.717) is 49.2 Å². The topological polar surface area (TPSA) is 107 Å². The lowest BCUT2D eigenvalue weighted by molar-refractivity contribution is 0.0701. The monoisotopic (exact) mass is 848 g/mol. The van der Waals surface area contributed by atoms with E-state index in [-0.39, 0.29) is 11.3 Å². The quantitative estimate of drug-likeness (QED) is 0.0559. The first kappa shape index (κ1) is 51.1. The highest BCUT2D eigenvalue weighted by Crippen LogP contribution is 2.29. The Morgan fingerprint density at radius 3 is 1.40 bits per heavy atom. The van der Waals surface area contributed by atoms with Crippen molar-refractivity contribution >= 4 is 63.9 Å². The molecule has 11 nitrogen and oxygen atoms in total. The number of rotatable bonds is 33. The molecule has 308 valence electrons. The highest BCUT2D eigenvalue weighted by Gasteiger charge is 2.47. The van der Waals surface area contributed by atoms with Crippen LogP contribution in [0, 0.1) is 0 Å². The van der Waals surface area contributed by atoms with E-state index >= 15 is 0 Å². The summed E-state index contributed by atoms with van der Waals surface area (Å²) in [6.45, 7) is 29.2. The second-order valence-corrected chi connectivity index (χ2v) is 28.5. The molecular formula is C36H76N2O9Si6. The van der Waals surface area contributed by atoms with Crippen molar-refractivity contribution in [2.45, 2.75) is 123 Å². The van der Waals surface area contributed by atoms with E-state index in [9.17, 15) is 0 Å². The van der Waals surface area contributed by atoms with Gasteiger partial charge in [-0.25, -0.2) is 0 Å². The van der Waals surface area contributed by atoms with E-state index in [2.05, 4.69) is 55.9 Å². The largest absolute Gasteiger partial charge is 0.507 e. The summed E-state index contributed by atoms with van der Waals surface area (Å²) in [7, 11) is -3.97. The third-order valence-corrected chi connectivity index (χ3v) is 23.0. The van der Waals surface area contributed by atoms with E-state index in [4.69, 9.17) is 39.8 Å². The lowest BCUT2D eigenvalue weighted by Gasteiger charge is -2.33. The van der Waals surface area contributed by atoms with Gasteiger partial charge in [0.1, 0.15) is 0 Å². The molecule has 17 heteroatoms. The summed E-state index contributed by atoms with van der Waals surface area (Å²) in [6, 6.07) is 7.39. The molecule has 0 spiro atoms. The molecule has 4 radical (unpaired) electrons. The summed E-state index contributed by atoms with van der Waals surface area (Å²) in [5.41, 5.74) is 2.91. The first-order valence-corrected chi connectivity index (χ1v) is 31.8. The predicted molar refractivity (Wildman–Crippen MR) is 230 cm³/mol. The van der Waals surface area contributed by atoms with Crippen LogP contribution in [0.15, 0.2) is 12.1 Å². The Labute approximate surface area is 333 Å². The number of benzene rings is 1. The van der Waals surface area contributed by atoms with E-state index in [1.807, 2.05) is 41.5 Å². The van der Waals surface area contributed by atoms with E-state index in [0.717, 1.165) is 50.5 Å². The SMILES string of the molecule is CCO[Si](CCCNC(NCCC[Si](OCC)(OCC)OCC)[Si]CCc1c([Si](C)C)ccc(C(C)[Si](OC)(OC)OC)c1[Si](C)C)(OCC)OCC. The summed E-state index contributed by atoms with van der Waals surface area (Å²) in [4.78, 5) is 0. The van der Waals surface area contributed by atoms with Crippen molar-refractivity contribution in [1.82, 2.24) is 10.6 Å². The van der Waals surface area contributed by atoms with Crippen molar-refractivity contribution in [2.75, 3.05) is 74.1 Å². The van der Waals surface area contributed by atoms with Gasteiger partial charge in [-0.05, 0) is 79.5 Å². The first-order chi connectivity index (χ1) is 25.4. The fraction of sp³-hybridized carbons (Fsp3) is 0.833. The maximum atomic E-state index is 6.14. The van der Waals surface area contributed by atoms with Crippen LogP contribution in [-0.4, -0.2) is 133 Å². The van der Waals surface area contributed by atoms with Gasteiger partial charge in [-0.3, -0.25) is 0 Å². The lowest BCUT2D eigenvalue weighted by atomic mass is 10.1. The maximum absolute atomic E-state index is 6.14. The average Bonchev–Trinajstić information content (AvgIpc) is 3.12. The van der Waals surface area contributed by atoms with Crippen LogP contribution >= 0.6 is 0 Å². The van der Waals surface area contributed by atoms with Crippen molar-refractivity contribution < 1.29 is 39.8 Å². The molecule has 53 heavy (non-hydrogen) atoms. The summed E-state index contributed by atoms with van der Waals surface area (Å²) in [5, 5.41) is 10.8. The van der Waals surface area contributed by atoms with Gasteiger partial charge in [0.2, 0.25) is 0 Å². The van der Waals surface area contributed by atoms with Crippen LogP contribution in [0.1, 0.15) is 78.0 Å². The van der Waals surface area contributed by atoms with Gasteiger partial charge in [0.25, 0.3) is 0 Å². The minimum absolute atomic E-state index is 0.0366. The Balaban J connectivity index is 3.31. The van der Waals surface area contributed by atoms with Gasteiger partial charge < -0.3 is 50.5 Å². The zero-order valence-electron chi connectivity index (χ0n) is 35.9. The Kier molecular flexibility index (Phi) is 26.7. The molecule has 0 amide bonds. The molecule has 0 heterocycles. The molecule has 0 aliphatic rings. The van der Waals surface area contributed by atoms with Crippen molar-refractivity contribution in [1.29, 1.82) is 0 Å². The van der Waals surface area contributed by atoms with Gasteiger partial charge in [0.05, 0.1) is 32.7 Å². The standard InChI is InChI=1S/C36H76N2O9Si6/c1-15-42-51(43-16-2,44-17-3)29-21-26-37-36(38-27-22-30-52(45-18-4,46-19-5)47-20-6)48-28-25-33-34(49(11)12)24-23-32(35(33)50(13)14)31(7)53(39-8,40-9)41-10/h23-24,31,36-38H,15-22,25-30H2,1-14H3. The molecule has 1 aromatic carbocycles. The highest BCUT2D eigenvalue weighted by atomic mass is 28.4. The molecule has 1 rings (SSSR count). The van der Waals surface area contributed by atoms with Crippen LogP contribution in [0.2, 0.25) is 44.3 Å². The molecule has 0 fully saturated rings. The van der Waals surface area contributed by atoms with Gasteiger partial charge >= 0.3 is 26.4 Å². The third kappa shape index (κ3) is 16.1. The zero-order valence-corrected chi connectivity index (χ0v) is 41.9. The number of hydrogen-bond acceptors (Lipinski definition) is 11. The summed E-state index contributed by atoms with van der Waals surface area (Å²) < 4.78 is 54.8. The minimum atomic E-state index is -2.89. The molecule has 0 saturated heterocycles. The Morgan fingerprint density at radius 1 is 0.642 bits per heavy atom. The van der Waals surface area contributed by atoms with E-state index in [1.54, 1.807) is 32.1 Å². The van der Waals surface area contributed by atoms with Crippen LogP contribution in [0.5, 0.6) is 0 Å². The van der Waals surface area contributed by atoms with Gasteiger partial charge in [0.15, 0.2) is 0 Å². The van der Waals surface area contributed by atoms with Gasteiger partial charge in [-0.2, -0.15) is 0 Å². The molecule has 0 aliphatic heterocycles. The average molecular weight is 850 g/mol. The number of hydrogen-bond donors (Lipinski definition) is 2. The summed E-state index contributed by atoms with van der Waals surface area (Å²) in [6.07, 6.45) is 2.87. The third-order valence-electron chi connectivity index (χ3n) is 9.16. The Hall–Kier alpha value is 0.0813. The second kappa shape index (κ2) is 27.7. The normalized spacial score (nSPS) is 13.6. The van der Waals surface area contributed by atoms with E-state index < -0.39 is 44.0 Å². The molecule has 0 aliphatic carbocycles. The molecule has 0 aromatic heterocycles. The zero-order chi connectivity index (χ0) is 39.9. The van der Waals surface area contributed by atoms with Crippen LogP contribution in [0.4, 0.5) is 0 Å². The number of nitrogens with one attached hydrogen (secondary N) is 2. The van der Waals surface area contributed by atoms with Crippen molar-refractivity contribution in [2.24, 2.45) is 0 Å². The van der Waals surface area contributed by atoms with Crippen LogP contribution in [0.25, 0.3) is 0 Å². The van der Waals surface area contributed by atoms with Crippen LogP contribution in [-0.2, 0) is 46.3 Å². The maximum Gasteiger partial charge on any atom is 0.507 e.